The van der Waals surface area contributed by atoms with Crippen LogP contribution in [0, 0.1) is 0 Å². The third kappa shape index (κ3) is 65.7. The largest absolute Gasteiger partial charge is 0.462 e. The number of rotatable bonds is 58. The lowest BCUT2D eigenvalue weighted by atomic mass is 10.0. The lowest BCUT2D eigenvalue weighted by Gasteiger charge is -2.18. The van der Waals surface area contributed by atoms with Gasteiger partial charge >= 0.3 is 17.9 Å². The van der Waals surface area contributed by atoms with E-state index in [2.05, 4.69) is 179 Å². The van der Waals surface area contributed by atoms with E-state index in [0.29, 0.717) is 12.8 Å². The second-order valence-corrected chi connectivity index (χ2v) is 21.3. The first-order valence-electron chi connectivity index (χ1n) is 33.0. The highest BCUT2D eigenvalue weighted by Gasteiger charge is 2.19. The predicted molar refractivity (Wildman–Crippen MR) is 352 cm³/mol. The van der Waals surface area contributed by atoms with Crippen LogP contribution in [0.5, 0.6) is 0 Å². The van der Waals surface area contributed by atoms with Crippen LogP contribution in [0.4, 0.5) is 0 Å². The average molecular weight is 1120 g/mol. The van der Waals surface area contributed by atoms with E-state index in [9.17, 15) is 14.4 Å². The van der Waals surface area contributed by atoms with Crippen LogP contribution < -0.4 is 0 Å². The lowest BCUT2D eigenvalue weighted by molar-refractivity contribution is -0.167. The number of allylic oxidation sites excluding steroid dienone is 26. The third-order valence-electron chi connectivity index (χ3n) is 13.5. The van der Waals surface area contributed by atoms with Crippen LogP contribution in [0.15, 0.2) is 158 Å². The monoisotopic (exact) mass is 1120 g/mol. The van der Waals surface area contributed by atoms with Crippen molar-refractivity contribution in [2.24, 2.45) is 0 Å². The van der Waals surface area contributed by atoms with Gasteiger partial charge in [0.15, 0.2) is 6.10 Å². The molecule has 0 saturated heterocycles. The lowest BCUT2D eigenvalue weighted by Crippen LogP contribution is -2.30. The molecule has 0 amide bonds. The van der Waals surface area contributed by atoms with Crippen molar-refractivity contribution in [3.63, 3.8) is 0 Å². The summed E-state index contributed by atoms with van der Waals surface area (Å²) in [6, 6.07) is 0. The zero-order valence-electron chi connectivity index (χ0n) is 52.2. The van der Waals surface area contributed by atoms with Crippen molar-refractivity contribution in [1.82, 2.24) is 0 Å². The molecule has 0 fully saturated rings. The number of carbonyl (C=O) groups is 3. The maximum Gasteiger partial charge on any atom is 0.306 e. The normalized spacial score (nSPS) is 13.2. The minimum atomic E-state index is -0.824. The first-order chi connectivity index (χ1) is 40.0. The quantitative estimate of drug-likeness (QED) is 0.0261. The van der Waals surface area contributed by atoms with E-state index in [4.69, 9.17) is 14.2 Å². The molecule has 1 unspecified atom stereocenters. The summed E-state index contributed by atoms with van der Waals surface area (Å²) in [5.74, 6) is -0.997. The van der Waals surface area contributed by atoms with Gasteiger partial charge in [-0.3, -0.25) is 14.4 Å². The summed E-state index contributed by atoms with van der Waals surface area (Å²) in [5, 5.41) is 0. The van der Waals surface area contributed by atoms with Crippen LogP contribution in [-0.4, -0.2) is 37.2 Å². The number of hydrogen-bond acceptors (Lipinski definition) is 6. The van der Waals surface area contributed by atoms with E-state index in [0.717, 1.165) is 141 Å². The van der Waals surface area contributed by atoms with Crippen molar-refractivity contribution >= 4 is 17.9 Å². The van der Waals surface area contributed by atoms with Crippen LogP contribution >= 0.6 is 0 Å². The zero-order valence-corrected chi connectivity index (χ0v) is 52.2. The van der Waals surface area contributed by atoms with Gasteiger partial charge in [0.05, 0.1) is 0 Å². The van der Waals surface area contributed by atoms with Crippen LogP contribution in [0.1, 0.15) is 278 Å². The van der Waals surface area contributed by atoms with Gasteiger partial charge in [-0.05, 0) is 122 Å². The number of ether oxygens (including phenoxy) is 3. The van der Waals surface area contributed by atoms with Gasteiger partial charge in [0.25, 0.3) is 0 Å². The Labute approximate surface area is 499 Å². The smallest absolute Gasteiger partial charge is 0.306 e. The summed E-state index contributed by atoms with van der Waals surface area (Å²) >= 11 is 0. The molecule has 0 aromatic rings. The fourth-order valence-electron chi connectivity index (χ4n) is 8.67. The molecule has 0 spiro atoms. The zero-order chi connectivity index (χ0) is 58.5. The maximum atomic E-state index is 12.9. The van der Waals surface area contributed by atoms with Gasteiger partial charge in [-0.25, -0.2) is 0 Å². The van der Waals surface area contributed by atoms with Crippen molar-refractivity contribution < 1.29 is 28.6 Å². The van der Waals surface area contributed by atoms with Crippen LogP contribution in [0.2, 0.25) is 0 Å². The summed E-state index contributed by atoms with van der Waals surface area (Å²) in [7, 11) is 0. The Kier molecular flexibility index (Phi) is 63.4. The van der Waals surface area contributed by atoms with E-state index in [1.807, 2.05) is 0 Å². The van der Waals surface area contributed by atoms with Gasteiger partial charge < -0.3 is 14.2 Å². The predicted octanol–water partition coefficient (Wildman–Crippen LogP) is 22.9. The van der Waals surface area contributed by atoms with E-state index in [1.165, 1.54) is 89.9 Å². The van der Waals surface area contributed by atoms with E-state index >= 15 is 0 Å². The maximum absolute atomic E-state index is 12.9. The fraction of sp³-hybridized carbons (Fsp3) is 0.613. The molecule has 456 valence electrons. The summed E-state index contributed by atoms with van der Waals surface area (Å²) in [6.45, 7) is 6.36. The average Bonchev–Trinajstić information content (AvgIpc) is 3.47. The van der Waals surface area contributed by atoms with E-state index in [1.54, 1.807) is 0 Å². The molecule has 0 radical (unpaired) electrons. The molecule has 1 atom stereocenters. The van der Waals surface area contributed by atoms with Crippen molar-refractivity contribution in [2.45, 2.75) is 284 Å². The highest BCUT2D eigenvalue weighted by atomic mass is 16.6. The van der Waals surface area contributed by atoms with E-state index < -0.39 is 6.10 Å². The van der Waals surface area contributed by atoms with Crippen LogP contribution in [0.25, 0.3) is 0 Å². The first-order valence-corrected chi connectivity index (χ1v) is 33.0. The number of esters is 3. The standard InChI is InChI=1S/C75H120O6/c1-4-7-10-13-16-19-22-25-28-31-33-35-37-39-41-44-47-50-53-56-59-62-65-68-74(77)80-71-72(70-79-73(76)67-64-61-58-55-52-49-46-43-30-27-24-21-18-15-12-9-6-3)81-75(78)69-66-63-60-57-54-51-48-45-42-40-38-36-34-32-29-26-23-20-17-14-11-8-5-2/h7-8,10-11,16-17,19-20,25-26,28-29,33-36,39-42,47-48,50-51,56,59,72H,4-6,9,12-15,18,21-24,27,30-32,37-38,43-46,49,52-55,57-58,60-71H2,1-3H3/b10-7-,11-8-,19-16-,20-17-,28-25-,29-26-,35-33-,36-34-,41-39-,42-40-,50-47-,51-48-,59-56-. The molecule has 0 saturated carbocycles. The summed E-state index contributed by atoms with van der Waals surface area (Å²) in [6.07, 6.45) is 98.2. The Morgan fingerprint density at radius 1 is 0.259 bits per heavy atom. The van der Waals surface area contributed by atoms with Gasteiger partial charge in [0.2, 0.25) is 0 Å². The Morgan fingerprint density at radius 2 is 0.494 bits per heavy atom. The highest BCUT2D eigenvalue weighted by Crippen LogP contribution is 2.16. The van der Waals surface area contributed by atoms with Crippen molar-refractivity contribution in [2.75, 3.05) is 13.2 Å². The molecule has 0 aromatic carbocycles. The molecule has 6 nitrogen and oxygen atoms in total. The molecule has 81 heavy (non-hydrogen) atoms. The summed E-state index contributed by atoms with van der Waals surface area (Å²) in [5.41, 5.74) is 0. The number of carbonyl (C=O) groups excluding carboxylic acids is 3. The molecule has 0 aromatic heterocycles. The van der Waals surface area contributed by atoms with Gasteiger partial charge in [0, 0.05) is 19.3 Å². The first kappa shape index (κ1) is 76.0. The SMILES string of the molecule is CC/C=C\C/C=C\C/C=C\C/C=C\C/C=C\C/C=C\C/C=C\CCCC(=O)OCC(COC(=O)CCCCCCCCCCCCCCCCCCC)OC(=O)CCCCCC/C=C\C/C=C\C/C=C\C/C=C\C/C=C\C/C=C\CC. The minimum absolute atomic E-state index is 0.111. The molecule has 0 heterocycles. The molecule has 0 N–H and O–H groups in total. The Balaban J connectivity index is 4.56. The Morgan fingerprint density at radius 3 is 0.802 bits per heavy atom. The Hall–Kier alpha value is -4.97. The second kappa shape index (κ2) is 67.5. The van der Waals surface area contributed by atoms with Crippen LogP contribution in [-0.2, 0) is 28.6 Å². The number of hydrogen-bond donors (Lipinski definition) is 0. The molecule has 0 aliphatic rings. The Bertz CT molecular complexity index is 1810. The topological polar surface area (TPSA) is 78.9 Å². The molecular weight excluding hydrogens is 997 g/mol. The molecule has 0 aliphatic carbocycles. The molecule has 0 aliphatic heterocycles. The molecule has 0 bridgehead atoms. The molecular formula is C75H120O6. The van der Waals surface area contributed by atoms with Crippen molar-refractivity contribution in [3.05, 3.63) is 158 Å². The van der Waals surface area contributed by atoms with Gasteiger partial charge in [-0.2, -0.15) is 0 Å². The van der Waals surface area contributed by atoms with Gasteiger partial charge in [0.1, 0.15) is 13.2 Å². The summed E-state index contributed by atoms with van der Waals surface area (Å²) in [4.78, 5) is 38.4. The molecule has 6 heteroatoms. The minimum Gasteiger partial charge on any atom is -0.462 e. The molecule has 0 rings (SSSR count). The van der Waals surface area contributed by atoms with Gasteiger partial charge in [-0.15, -0.1) is 0 Å². The van der Waals surface area contributed by atoms with Crippen LogP contribution in [0.3, 0.4) is 0 Å². The van der Waals surface area contributed by atoms with E-state index in [-0.39, 0.29) is 44.0 Å². The highest BCUT2D eigenvalue weighted by molar-refractivity contribution is 5.71. The fourth-order valence-corrected chi connectivity index (χ4v) is 8.67. The van der Waals surface area contributed by atoms with Crippen molar-refractivity contribution in [1.29, 1.82) is 0 Å². The van der Waals surface area contributed by atoms with Gasteiger partial charge in [-0.1, -0.05) is 294 Å². The third-order valence-corrected chi connectivity index (χ3v) is 13.5. The van der Waals surface area contributed by atoms with Crippen molar-refractivity contribution in [3.8, 4) is 0 Å². The second-order valence-electron chi connectivity index (χ2n) is 21.3. The number of unbranched alkanes of at least 4 members (excludes halogenated alkanes) is 21. The summed E-state index contributed by atoms with van der Waals surface area (Å²) < 4.78 is 16.9.